The Morgan fingerprint density at radius 3 is 2.85 bits per heavy atom. The predicted octanol–water partition coefficient (Wildman–Crippen LogP) is 2.10. The highest BCUT2D eigenvalue weighted by Crippen LogP contribution is 2.31. The summed E-state index contributed by atoms with van der Waals surface area (Å²) in [6, 6.07) is 7.97. The summed E-state index contributed by atoms with van der Waals surface area (Å²) in [6.45, 7) is 0. The van der Waals surface area contributed by atoms with E-state index >= 15 is 0 Å². The molecule has 0 atom stereocenters. The summed E-state index contributed by atoms with van der Waals surface area (Å²) in [5.74, 6) is -0.855. The number of rotatable bonds is 1. The van der Waals surface area contributed by atoms with Crippen LogP contribution in [0.2, 0.25) is 0 Å². The standard InChI is InChI=1S/C11H10O2/c12-11(13)7-9-6-5-8-3-1-2-4-10(8)9/h1-4,7H,5-6H2,(H,12,13)/b9-7+. The molecule has 2 nitrogen and oxygen atoms in total. The number of hydrogen-bond donors (Lipinski definition) is 1. The average molecular weight is 174 g/mol. The quantitative estimate of drug-likeness (QED) is 0.662. The lowest BCUT2D eigenvalue weighted by Gasteiger charge is -1.97. The van der Waals surface area contributed by atoms with Crippen LogP contribution in [0.25, 0.3) is 5.57 Å². The van der Waals surface area contributed by atoms with Crippen molar-refractivity contribution in [2.45, 2.75) is 12.8 Å². The van der Waals surface area contributed by atoms with E-state index in [0.29, 0.717) is 0 Å². The zero-order valence-corrected chi connectivity index (χ0v) is 7.16. The Morgan fingerprint density at radius 2 is 2.08 bits per heavy atom. The number of hydrogen-bond acceptors (Lipinski definition) is 1. The van der Waals surface area contributed by atoms with Gasteiger partial charge < -0.3 is 5.11 Å². The molecule has 0 amide bonds. The fraction of sp³-hybridized carbons (Fsp3) is 0.182. The van der Waals surface area contributed by atoms with Crippen LogP contribution in [-0.4, -0.2) is 11.1 Å². The first-order valence-electron chi connectivity index (χ1n) is 4.29. The molecular formula is C11H10O2. The molecule has 0 bridgehead atoms. The van der Waals surface area contributed by atoms with Gasteiger partial charge in [0.05, 0.1) is 0 Å². The van der Waals surface area contributed by atoms with E-state index in [1.807, 2.05) is 18.2 Å². The van der Waals surface area contributed by atoms with Crippen molar-refractivity contribution in [3.63, 3.8) is 0 Å². The minimum Gasteiger partial charge on any atom is -0.478 e. The van der Waals surface area contributed by atoms with Crippen LogP contribution < -0.4 is 0 Å². The molecule has 1 aliphatic rings. The maximum atomic E-state index is 10.5. The summed E-state index contributed by atoms with van der Waals surface area (Å²) >= 11 is 0. The highest BCUT2D eigenvalue weighted by atomic mass is 16.4. The third kappa shape index (κ3) is 1.47. The molecule has 66 valence electrons. The first-order valence-corrected chi connectivity index (χ1v) is 4.29. The molecule has 0 fully saturated rings. The second-order valence-electron chi connectivity index (χ2n) is 3.16. The van der Waals surface area contributed by atoms with Gasteiger partial charge in [0.15, 0.2) is 0 Å². The van der Waals surface area contributed by atoms with Crippen molar-refractivity contribution < 1.29 is 9.90 Å². The summed E-state index contributed by atoms with van der Waals surface area (Å²) < 4.78 is 0. The SMILES string of the molecule is O=C(O)/C=C1\CCc2ccccc21. The molecule has 0 heterocycles. The molecule has 2 heteroatoms. The molecule has 0 saturated carbocycles. The average Bonchev–Trinajstić information content (AvgIpc) is 2.48. The van der Waals surface area contributed by atoms with Gasteiger partial charge >= 0.3 is 5.97 Å². The van der Waals surface area contributed by atoms with E-state index in [9.17, 15) is 4.79 Å². The summed E-state index contributed by atoms with van der Waals surface area (Å²) in [5, 5.41) is 8.62. The van der Waals surface area contributed by atoms with E-state index in [1.165, 1.54) is 11.6 Å². The summed E-state index contributed by atoms with van der Waals surface area (Å²) in [4.78, 5) is 10.5. The van der Waals surface area contributed by atoms with Gasteiger partial charge in [-0.1, -0.05) is 24.3 Å². The van der Waals surface area contributed by atoms with Crippen LogP contribution in [0, 0.1) is 0 Å². The summed E-state index contributed by atoms with van der Waals surface area (Å²) in [6.07, 6.45) is 3.13. The van der Waals surface area contributed by atoms with Crippen LogP contribution in [0.1, 0.15) is 17.5 Å². The van der Waals surface area contributed by atoms with Gasteiger partial charge in [0.1, 0.15) is 0 Å². The Labute approximate surface area is 76.5 Å². The van der Waals surface area contributed by atoms with Crippen LogP contribution in [0.15, 0.2) is 30.3 Å². The normalized spacial score (nSPS) is 17.4. The van der Waals surface area contributed by atoms with Crippen LogP contribution >= 0.6 is 0 Å². The summed E-state index contributed by atoms with van der Waals surface area (Å²) in [7, 11) is 0. The van der Waals surface area contributed by atoms with Gasteiger partial charge in [0.2, 0.25) is 0 Å². The molecular weight excluding hydrogens is 164 g/mol. The molecule has 0 saturated heterocycles. The van der Waals surface area contributed by atoms with Gasteiger partial charge in [-0.2, -0.15) is 0 Å². The number of aliphatic carboxylic acids is 1. The van der Waals surface area contributed by atoms with E-state index in [1.54, 1.807) is 0 Å². The molecule has 0 aromatic heterocycles. The molecule has 1 aromatic carbocycles. The van der Waals surface area contributed by atoms with Crippen molar-refractivity contribution in [1.82, 2.24) is 0 Å². The van der Waals surface area contributed by atoms with Crippen molar-refractivity contribution in [2.24, 2.45) is 0 Å². The van der Waals surface area contributed by atoms with Crippen LogP contribution in [0.5, 0.6) is 0 Å². The Morgan fingerprint density at radius 1 is 1.31 bits per heavy atom. The lowest BCUT2D eigenvalue weighted by Crippen LogP contribution is -1.89. The van der Waals surface area contributed by atoms with Gasteiger partial charge in [-0.05, 0) is 29.5 Å². The number of allylic oxidation sites excluding steroid dienone is 1. The minimum atomic E-state index is -0.855. The van der Waals surface area contributed by atoms with E-state index in [4.69, 9.17) is 5.11 Å². The Hall–Kier alpha value is -1.57. The maximum absolute atomic E-state index is 10.5. The third-order valence-electron chi connectivity index (χ3n) is 2.32. The monoisotopic (exact) mass is 174 g/mol. The molecule has 1 N–H and O–H groups in total. The van der Waals surface area contributed by atoms with Crippen molar-refractivity contribution >= 4 is 11.5 Å². The molecule has 0 spiro atoms. The van der Waals surface area contributed by atoms with E-state index < -0.39 is 5.97 Å². The number of benzene rings is 1. The molecule has 1 aliphatic carbocycles. The zero-order chi connectivity index (χ0) is 9.26. The Bertz CT molecular complexity index is 377. The first kappa shape index (κ1) is 8.05. The second-order valence-corrected chi connectivity index (χ2v) is 3.16. The fourth-order valence-corrected chi connectivity index (χ4v) is 1.75. The molecule has 0 radical (unpaired) electrons. The second kappa shape index (κ2) is 3.05. The Kier molecular flexibility index (Phi) is 1.89. The lowest BCUT2D eigenvalue weighted by atomic mass is 10.1. The van der Waals surface area contributed by atoms with E-state index in [-0.39, 0.29) is 0 Å². The van der Waals surface area contributed by atoms with E-state index in [2.05, 4.69) is 6.07 Å². The van der Waals surface area contributed by atoms with Gasteiger partial charge in [0.25, 0.3) is 0 Å². The van der Waals surface area contributed by atoms with Crippen LogP contribution in [0.3, 0.4) is 0 Å². The highest BCUT2D eigenvalue weighted by Gasteiger charge is 2.15. The highest BCUT2D eigenvalue weighted by molar-refractivity contribution is 5.91. The van der Waals surface area contributed by atoms with Crippen molar-refractivity contribution in [3.8, 4) is 0 Å². The number of fused-ring (bicyclic) bond motifs is 1. The van der Waals surface area contributed by atoms with Gasteiger partial charge in [0, 0.05) is 6.08 Å². The Balaban J connectivity index is 2.44. The number of carboxylic acids is 1. The van der Waals surface area contributed by atoms with Crippen LogP contribution in [0.4, 0.5) is 0 Å². The first-order chi connectivity index (χ1) is 6.27. The minimum absolute atomic E-state index is 0.853. The molecule has 13 heavy (non-hydrogen) atoms. The number of carbonyl (C=O) groups is 1. The smallest absolute Gasteiger partial charge is 0.328 e. The van der Waals surface area contributed by atoms with Gasteiger partial charge in [-0.15, -0.1) is 0 Å². The molecule has 0 unspecified atom stereocenters. The third-order valence-corrected chi connectivity index (χ3v) is 2.32. The fourth-order valence-electron chi connectivity index (χ4n) is 1.75. The largest absolute Gasteiger partial charge is 0.478 e. The number of aryl methyl sites for hydroxylation is 1. The van der Waals surface area contributed by atoms with Crippen molar-refractivity contribution in [2.75, 3.05) is 0 Å². The maximum Gasteiger partial charge on any atom is 0.328 e. The molecule has 2 rings (SSSR count). The van der Waals surface area contributed by atoms with Gasteiger partial charge in [-0.3, -0.25) is 0 Å². The lowest BCUT2D eigenvalue weighted by molar-refractivity contribution is -0.131. The number of carboxylic acid groups (broad SMARTS) is 1. The van der Waals surface area contributed by atoms with Crippen molar-refractivity contribution in [3.05, 3.63) is 41.5 Å². The topological polar surface area (TPSA) is 37.3 Å². The predicted molar refractivity (Wildman–Crippen MR) is 50.4 cm³/mol. The molecule has 0 aliphatic heterocycles. The van der Waals surface area contributed by atoms with Crippen LogP contribution in [-0.2, 0) is 11.2 Å². The van der Waals surface area contributed by atoms with Gasteiger partial charge in [-0.25, -0.2) is 4.79 Å². The van der Waals surface area contributed by atoms with Crippen molar-refractivity contribution in [1.29, 1.82) is 0 Å². The zero-order valence-electron chi connectivity index (χ0n) is 7.16. The summed E-state index contributed by atoms with van der Waals surface area (Å²) in [5.41, 5.74) is 3.31. The molecule has 1 aromatic rings. The van der Waals surface area contributed by atoms with E-state index in [0.717, 1.165) is 24.0 Å².